The third-order valence-electron chi connectivity index (χ3n) is 8.74. The number of aliphatic carboxylic acids is 1. The molecule has 4 aromatic rings. The lowest BCUT2D eigenvalue weighted by Gasteiger charge is -2.23. The minimum atomic E-state index is -0.987. The fourth-order valence-corrected chi connectivity index (χ4v) is 6.57. The number of hydrogen-bond donors (Lipinski definition) is 3. The number of carbonyl (C=O) groups is 2. The molecule has 1 saturated carbocycles. The van der Waals surface area contributed by atoms with Crippen LogP contribution in [0.5, 0.6) is 5.75 Å². The molecule has 4 heterocycles. The lowest BCUT2D eigenvalue weighted by Crippen LogP contribution is -2.36. The van der Waals surface area contributed by atoms with Crippen LogP contribution in [-0.2, 0) is 24.7 Å². The van der Waals surface area contributed by atoms with Gasteiger partial charge in [-0.05, 0) is 107 Å². The van der Waals surface area contributed by atoms with Crippen molar-refractivity contribution in [3.05, 3.63) is 64.4 Å². The summed E-state index contributed by atoms with van der Waals surface area (Å²) in [5, 5.41) is 22.2. The highest BCUT2D eigenvalue weighted by molar-refractivity contribution is 6.01. The summed E-state index contributed by atoms with van der Waals surface area (Å²) < 4.78 is 23.0. The van der Waals surface area contributed by atoms with E-state index in [9.17, 15) is 14.7 Å². The molecular formula is C37H45FN4O5. The number of aliphatic hydroxyl groups is 1. The van der Waals surface area contributed by atoms with Crippen molar-refractivity contribution in [1.29, 1.82) is 0 Å². The SMILES string of the molecule is CC(C)(C)O.Cc1nc2c(cc(-c3ccnc(C(=O)NC4CCCCC4)c3)n2C)c(-c2cc(F)c3c(c2C)CCCO3)c1CC(=O)O. The van der Waals surface area contributed by atoms with E-state index in [1.54, 1.807) is 40.0 Å². The van der Waals surface area contributed by atoms with E-state index < -0.39 is 17.4 Å². The molecule has 1 aliphatic heterocycles. The van der Waals surface area contributed by atoms with Gasteiger partial charge in [0.2, 0.25) is 0 Å². The smallest absolute Gasteiger partial charge is 0.307 e. The van der Waals surface area contributed by atoms with Gasteiger partial charge in [0.25, 0.3) is 5.91 Å². The zero-order valence-electron chi connectivity index (χ0n) is 28.2. The summed E-state index contributed by atoms with van der Waals surface area (Å²) in [5.41, 5.74) is 6.18. The lowest BCUT2D eigenvalue weighted by molar-refractivity contribution is -0.136. The third kappa shape index (κ3) is 7.64. The van der Waals surface area contributed by atoms with Crippen LogP contribution < -0.4 is 10.1 Å². The summed E-state index contributed by atoms with van der Waals surface area (Å²) in [6.07, 6.45) is 8.27. The highest BCUT2D eigenvalue weighted by Gasteiger charge is 2.27. The first-order valence-electron chi connectivity index (χ1n) is 16.4. The maximum Gasteiger partial charge on any atom is 0.307 e. The van der Waals surface area contributed by atoms with Crippen molar-refractivity contribution in [2.75, 3.05) is 6.61 Å². The first kappa shape index (κ1) is 34.0. The molecule has 1 amide bonds. The fourth-order valence-electron chi connectivity index (χ4n) is 6.57. The maximum absolute atomic E-state index is 15.4. The van der Waals surface area contributed by atoms with E-state index in [2.05, 4.69) is 10.3 Å². The molecule has 3 N–H and O–H groups in total. The van der Waals surface area contributed by atoms with Crippen LogP contribution in [-0.4, -0.2) is 54.9 Å². The molecule has 0 spiro atoms. The Balaban J connectivity index is 0.000000807. The predicted octanol–water partition coefficient (Wildman–Crippen LogP) is 6.85. The average Bonchev–Trinajstić information content (AvgIpc) is 3.34. The molecule has 0 radical (unpaired) electrons. The number of nitrogens with zero attached hydrogens (tertiary/aromatic N) is 3. The number of amides is 1. The Morgan fingerprint density at radius 1 is 1.11 bits per heavy atom. The van der Waals surface area contributed by atoms with E-state index in [1.165, 1.54) is 12.5 Å². The molecule has 0 saturated heterocycles. The van der Waals surface area contributed by atoms with Gasteiger partial charge in [0, 0.05) is 41.5 Å². The predicted molar refractivity (Wildman–Crippen MR) is 180 cm³/mol. The highest BCUT2D eigenvalue weighted by Crippen LogP contribution is 2.43. The second-order valence-corrected chi connectivity index (χ2v) is 13.6. The normalized spacial score (nSPS) is 15.0. The van der Waals surface area contributed by atoms with Crippen LogP contribution in [0.15, 0.2) is 30.5 Å². The number of nitrogens with one attached hydrogen (secondary N) is 1. The summed E-state index contributed by atoms with van der Waals surface area (Å²) in [4.78, 5) is 34.2. The number of aryl methyl sites for hydroxylation is 2. The Bertz CT molecular complexity index is 1810. The number of carboxylic acids is 1. The Hall–Kier alpha value is -4.31. The summed E-state index contributed by atoms with van der Waals surface area (Å²) >= 11 is 0. The van der Waals surface area contributed by atoms with Gasteiger partial charge in [-0.15, -0.1) is 0 Å². The minimum Gasteiger partial charge on any atom is -0.490 e. The monoisotopic (exact) mass is 644 g/mol. The Morgan fingerprint density at radius 3 is 2.49 bits per heavy atom. The Kier molecular flexibility index (Phi) is 10.0. The number of carboxylic acid groups (broad SMARTS) is 1. The molecule has 6 rings (SSSR count). The van der Waals surface area contributed by atoms with Crippen LogP contribution in [0.25, 0.3) is 33.4 Å². The van der Waals surface area contributed by atoms with E-state index in [-0.39, 0.29) is 24.1 Å². The van der Waals surface area contributed by atoms with E-state index >= 15 is 4.39 Å². The molecule has 0 atom stereocenters. The summed E-state index contributed by atoms with van der Waals surface area (Å²) in [7, 11) is 1.89. The summed E-state index contributed by atoms with van der Waals surface area (Å²) in [5.74, 6) is -1.34. The topological polar surface area (TPSA) is 127 Å². The zero-order valence-corrected chi connectivity index (χ0v) is 28.2. The molecule has 0 bridgehead atoms. The number of pyridine rings is 2. The number of benzene rings is 1. The van der Waals surface area contributed by atoms with Gasteiger partial charge in [0.1, 0.15) is 11.3 Å². The first-order chi connectivity index (χ1) is 22.2. The average molecular weight is 645 g/mol. The van der Waals surface area contributed by atoms with Crippen LogP contribution in [0.4, 0.5) is 4.39 Å². The van der Waals surface area contributed by atoms with Gasteiger partial charge in [-0.2, -0.15) is 0 Å². The van der Waals surface area contributed by atoms with Gasteiger partial charge in [-0.1, -0.05) is 19.3 Å². The molecule has 3 aromatic heterocycles. The maximum atomic E-state index is 15.4. The largest absolute Gasteiger partial charge is 0.490 e. The van der Waals surface area contributed by atoms with Crippen molar-refractivity contribution < 1.29 is 28.9 Å². The molecule has 1 aromatic carbocycles. The van der Waals surface area contributed by atoms with Gasteiger partial charge in [-0.25, -0.2) is 9.37 Å². The van der Waals surface area contributed by atoms with Crippen LogP contribution in [0.2, 0.25) is 0 Å². The van der Waals surface area contributed by atoms with Crippen molar-refractivity contribution in [3.63, 3.8) is 0 Å². The number of rotatable bonds is 6. The standard InChI is InChI=1S/C33H35FN4O4.C4H10O/c1-18-22-10-7-13-42-31(22)26(34)15-23(18)30-24(17-29(39)40)19(2)36-32-25(30)16-28(38(32)3)20-11-12-35-27(14-20)33(41)37-21-8-5-4-6-9-21;1-4(2,3)5/h11-12,14-16,21H,4-10,13,17H2,1-3H3,(H,37,41)(H,39,40);5H,1-3H3. The van der Waals surface area contributed by atoms with E-state index in [4.69, 9.17) is 14.8 Å². The number of aromatic nitrogens is 3. The Labute approximate surface area is 275 Å². The lowest BCUT2D eigenvalue weighted by atomic mass is 9.87. The summed E-state index contributed by atoms with van der Waals surface area (Å²) in [6.45, 7) is 9.44. The number of hydrogen-bond acceptors (Lipinski definition) is 6. The molecule has 47 heavy (non-hydrogen) atoms. The molecule has 0 unspecified atom stereocenters. The number of halogens is 1. The number of fused-ring (bicyclic) bond motifs is 2. The summed E-state index contributed by atoms with van der Waals surface area (Å²) in [6, 6.07) is 7.21. The molecule has 250 valence electrons. The van der Waals surface area contributed by atoms with Crippen molar-refractivity contribution in [2.45, 2.75) is 97.6 Å². The molecular weight excluding hydrogens is 599 g/mol. The van der Waals surface area contributed by atoms with Gasteiger partial charge in [0.15, 0.2) is 11.6 Å². The van der Waals surface area contributed by atoms with Crippen LogP contribution in [0, 0.1) is 19.7 Å². The van der Waals surface area contributed by atoms with Crippen molar-refractivity contribution in [2.24, 2.45) is 7.05 Å². The quantitative estimate of drug-likeness (QED) is 0.210. The second-order valence-electron chi connectivity index (χ2n) is 13.6. The van der Waals surface area contributed by atoms with E-state index in [0.29, 0.717) is 46.8 Å². The van der Waals surface area contributed by atoms with Crippen LogP contribution in [0.1, 0.15) is 92.2 Å². The second kappa shape index (κ2) is 13.8. The van der Waals surface area contributed by atoms with Crippen molar-refractivity contribution in [1.82, 2.24) is 19.9 Å². The number of carbonyl (C=O) groups excluding carboxylic acids is 1. The van der Waals surface area contributed by atoms with Crippen LogP contribution >= 0.6 is 0 Å². The molecule has 10 heteroatoms. The Morgan fingerprint density at radius 2 is 1.81 bits per heavy atom. The third-order valence-corrected chi connectivity index (χ3v) is 8.74. The van der Waals surface area contributed by atoms with Crippen molar-refractivity contribution >= 4 is 22.9 Å². The van der Waals surface area contributed by atoms with Gasteiger partial charge in [-0.3, -0.25) is 14.6 Å². The van der Waals surface area contributed by atoms with Gasteiger partial charge < -0.3 is 24.8 Å². The molecule has 9 nitrogen and oxygen atoms in total. The van der Waals surface area contributed by atoms with Crippen molar-refractivity contribution in [3.8, 4) is 28.1 Å². The van der Waals surface area contributed by atoms with E-state index in [1.807, 2.05) is 30.7 Å². The molecule has 2 aliphatic rings. The number of ether oxygens (including phenoxy) is 1. The van der Waals surface area contributed by atoms with E-state index in [0.717, 1.165) is 59.9 Å². The van der Waals surface area contributed by atoms with Gasteiger partial charge >= 0.3 is 5.97 Å². The molecule has 1 fully saturated rings. The minimum absolute atomic E-state index is 0.169. The van der Waals surface area contributed by atoms with Crippen LogP contribution in [0.3, 0.4) is 0 Å². The zero-order chi connectivity index (χ0) is 34.0. The van der Waals surface area contributed by atoms with Gasteiger partial charge in [0.05, 0.1) is 24.3 Å². The molecule has 1 aliphatic carbocycles. The highest BCUT2D eigenvalue weighted by atomic mass is 19.1. The fraction of sp³-hybridized carbons (Fsp3) is 0.459. The first-order valence-corrected chi connectivity index (χ1v) is 16.4.